The van der Waals surface area contributed by atoms with Crippen LogP contribution in [0.25, 0.3) is 0 Å². The Balaban J connectivity index is 0.00000261. The summed E-state index contributed by atoms with van der Waals surface area (Å²) in [5.41, 5.74) is 6.42. The average Bonchev–Trinajstić information content (AvgIpc) is 3.11. The number of hydrogen-bond acceptors (Lipinski definition) is 4. The Hall–Kier alpha value is -2.09. The van der Waals surface area contributed by atoms with Crippen LogP contribution in [0.15, 0.2) is 59.5 Å². The number of nitrogens with two attached hydrogens (primary N) is 1. The molecule has 1 saturated carbocycles. The number of hydrogen-bond donors (Lipinski definition) is 3. The minimum absolute atomic E-state index is 0. The quantitative estimate of drug-likeness (QED) is 0.682. The zero-order valence-electron chi connectivity index (χ0n) is 14.9. The molecule has 0 saturated heterocycles. The minimum atomic E-state index is -3.70. The molecule has 0 heterocycles. The molecule has 2 aromatic rings. The Kier molecular flexibility index (Phi) is 6.86. The van der Waals surface area contributed by atoms with Crippen molar-refractivity contribution in [3.8, 4) is 0 Å². The normalized spacial score (nSPS) is 15.6. The lowest BCUT2D eigenvalue weighted by Crippen LogP contribution is -2.51. The molecule has 0 aromatic heterocycles. The van der Waals surface area contributed by atoms with E-state index >= 15 is 0 Å². The van der Waals surface area contributed by atoms with E-state index in [1.807, 2.05) is 6.07 Å². The van der Waals surface area contributed by atoms with Crippen LogP contribution in [-0.2, 0) is 10.0 Å². The SMILES string of the molecule is Cl.NCC1(NC(=O)c2ccc(S(=O)(=O)Nc3ccccc3)cc2)CCCC1. The molecule has 1 aliphatic rings. The average molecular weight is 410 g/mol. The first-order valence-corrected chi connectivity index (χ1v) is 10.1. The molecule has 27 heavy (non-hydrogen) atoms. The zero-order chi connectivity index (χ0) is 18.6. The summed E-state index contributed by atoms with van der Waals surface area (Å²) < 4.78 is 27.4. The monoisotopic (exact) mass is 409 g/mol. The second kappa shape index (κ2) is 8.73. The van der Waals surface area contributed by atoms with Gasteiger partial charge in [0.05, 0.1) is 10.4 Å². The van der Waals surface area contributed by atoms with E-state index in [-0.39, 0.29) is 28.7 Å². The summed E-state index contributed by atoms with van der Waals surface area (Å²) in [5, 5.41) is 3.03. The molecule has 8 heteroatoms. The molecule has 0 spiro atoms. The van der Waals surface area contributed by atoms with Gasteiger partial charge in [0.25, 0.3) is 15.9 Å². The maximum atomic E-state index is 12.5. The van der Waals surface area contributed by atoms with Crippen LogP contribution in [-0.4, -0.2) is 26.4 Å². The number of carbonyl (C=O) groups excluding carboxylic acids is 1. The van der Waals surface area contributed by atoms with Gasteiger partial charge < -0.3 is 11.1 Å². The van der Waals surface area contributed by atoms with Crippen LogP contribution in [0.2, 0.25) is 0 Å². The van der Waals surface area contributed by atoms with Gasteiger partial charge >= 0.3 is 0 Å². The van der Waals surface area contributed by atoms with E-state index < -0.39 is 10.0 Å². The first-order valence-electron chi connectivity index (χ1n) is 8.65. The van der Waals surface area contributed by atoms with Crippen molar-refractivity contribution in [3.05, 3.63) is 60.2 Å². The Morgan fingerprint density at radius 2 is 1.59 bits per heavy atom. The number of benzene rings is 2. The van der Waals surface area contributed by atoms with Crippen molar-refractivity contribution < 1.29 is 13.2 Å². The summed E-state index contributed by atoms with van der Waals surface area (Å²) in [7, 11) is -3.70. The van der Waals surface area contributed by atoms with Crippen molar-refractivity contribution in [3.63, 3.8) is 0 Å². The van der Waals surface area contributed by atoms with Crippen molar-refractivity contribution in [2.24, 2.45) is 5.73 Å². The van der Waals surface area contributed by atoms with E-state index in [0.717, 1.165) is 25.7 Å². The number of sulfonamides is 1. The molecular weight excluding hydrogens is 386 g/mol. The van der Waals surface area contributed by atoms with Gasteiger partial charge in [0.15, 0.2) is 0 Å². The van der Waals surface area contributed by atoms with Gasteiger partial charge in [0, 0.05) is 17.8 Å². The van der Waals surface area contributed by atoms with E-state index in [9.17, 15) is 13.2 Å². The second-order valence-electron chi connectivity index (χ2n) is 6.64. The van der Waals surface area contributed by atoms with Gasteiger partial charge in [0.2, 0.25) is 0 Å². The van der Waals surface area contributed by atoms with Crippen LogP contribution >= 0.6 is 12.4 Å². The minimum Gasteiger partial charge on any atom is -0.345 e. The van der Waals surface area contributed by atoms with Crippen molar-refractivity contribution >= 4 is 34.0 Å². The van der Waals surface area contributed by atoms with Gasteiger partial charge in [-0.05, 0) is 49.2 Å². The van der Waals surface area contributed by atoms with Crippen LogP contribution in [0.1, 0.15) is 36.0 Å². The van der Waals surface area contributed by atoms with Crippen LogP contribution in [0.4, 0.5) is 5.69 Å². The predicted octanol–water partition coefficient (Wildman–Crippen LogP) is 2.91. The van der Waals surface area contributed by atoms with E-state index in [1.54, 1.807) is 24.3 Å². The molecule has 0 radical (unpaired) electrons. The molecular formula is C19H24ClN3O3S. The van der Waals surface area contributed by atoms with Crippen molar-refractivity contribution in [1.29, 1.82) is 0 Å². The van der Waals surface area contributed by atoms with Crippen LogP contribution in [0.5, 0.6) is 0 Å². The molecule has 0 atom stereocenters. The summed E-state index contributed by atoms with van der Waals surface area (Å²) >= 11 is 0. The van der Waals surface area contributed by atoms with Crippen molar-refractivity contribution in [1.82, 2.24) is 5.32 Å². The van der Waals surface area contributed by atoms with E-state index in [4.69, 9.17) is 5.73 Å². The molecule has 0 aliphatic heterocycles. The predicted molar refractivity (Wildman–Crippen MR) is 109 cm³/mol. The highest BCUT2D eigenvalue weighted by atomic mass is 35.5. The zero-order valence-corrected chi connectivity index (χ0v) is 16.5. The summed E-state index contributed by atoms with van der Waals surface area (Å²) in [4.78, 5) is 12.6. The van der Waals surface area contributed by atoms with E-state index in [1.165, 1.54) is 24.3 Å². The molecule has 1 amide bonds. The number of halogens is 1. The van der Waals surface area contributed by atoms with Crippen LogP contribution in [0.3, 0.4) is 0 Å². The van der Waals surface area contributed by atoms with Crippen molar-refractivity contribution in [2.45, 2.75) is 36.1 Å². The van der Waals surface area contributed by atoms with Crippen LogP contribution in [0, 0.1) is 0 Å². The second-order valence-corrected chi connectivity index (χ2v) is 8.32. The lowest BCUT2D eigenvalue weighted by molar-refractivity contribution is 0.0903. The largest absolute Gasteiger partial charge is 0.345 e. The summed E-state index contributed by atoms with van der Waals surface area (Å²) in [6.07, 6.45) is 3.87. The Morgan fingerprint density at radius 1 is 1.00 bits per heavy atom. The fourth-order valence-corrected chi connectivity index (χ4v) is 4.31. The smallest absolute Gasteiger partial charge is 0.261 e. The molecule has 0 bridgehead atoms. The lowest BCUT2D eigenvalue weighted by Gasteiger charge is -2.28. The fourth-order valence-electron chi connectivity index (χ4n) is 3.25. The van der Waals surface area contributed by atoms with E-state index in [0.29, 0.717) is 17.8 Å². The maximum absolute atomic E-state index is 12.5. The number of para-hydroxylation sites is 1. The van der Waals surface area contributed by atoms with Crippen LogP contribution < -0.4 is 15.8 Å². The van der Waals surface area contributed by atoms with E-state index in [2.05, 4.69) is 10.0 Å². The number of rotatable bonds is 6. The van der Waals surface area contributed by atoms with Gasteiger partial charge in [-0.15, -0.1) is 12.4 Å². The molecule has 3 rings (SSSR count). The molecule has 2 aromatic carbocycles. The summed E-state index contributed by atoms with van der Waals surface area (Å²) in [5.74, 6) is -0.225. The highest BCUT2D eigenvalue weighted by molar-refractivity contribution is 7.92. The van der Waals surface area contributed by atoms with Gasteiger partial charge in [-0.25, -0.2) is 8.42 Å². The molecule has 1 aliphatic carbocycles. The number of anilines is 1. The highest BCUT2D eigenvalue weighted by Gasteiger charge is 2.34. The number of nitrogens with one attached hydrogen (secondary N) is 2. The Bertz CT molecular complexity index is 865. The lowest BCUT2D eigenvalue weighted by atomic mass is 9.97. The first-order chi connectivity index (χ1) is 12.4. The molecule has 0 unspecified atom stereocenters. The third kappa shape index (κ3) is 5.00. The summed E-state index contributed by atoms with van der Waals surface area (Å²) in [6.45, 7) is 0.409. The Morgan fingerprint density at radius 3 is 2.15 bits per heavy atom. The first kappa shape index (κ1) is 21.2. The topological polar surface area (TPSA) is 101 Å². The van der Waals surface area contributed by atoms with Crippen molar-refractivity contribution in [2.75, 3.05) is 11.3 Å². The molecule has 146 valence electrons. The highest BCUT2D eigenvalue weighted by Crippen LogP contribution is 2.29. The third-order valence-electron chi connectivity index (χ3n) is 4.78. The van der Waals surface area contributed by atoms with Gasteiger partial charge in [-0.2, -0.15) is 0 Å². The molecule has 6 nitrogen and oxygen atoms in total. The van der Waals surface area contributed by atoms with Gasteiger partial charge in [0.1, 0.15) is 0 Å². The number of amides is 1. The van der Waals surface area contributed by atoms with Gasteiger partial charge in [-0.1, -0.05) is 31.0 Å². The maximum Gasteiger partial charge on any atom is 0.261 e. The summed E-state index contributed by atoms with van der Waals surface area (Å²) in [6, 6.07) is 14.6. The number of carbonyl (C=O) groups is 1. The fraction of sp³-hybridized carbons (Fsp3) is 0.316. The third-order valence-corrected chi connectivity index (χ3v) is 6.18. The molecule has 1 fully saturated rings. The Labute approximate surface area is 166 Å². The van der Waals surface area contributed by atoms with Gasteiger partial charge in [-0.3, -0.25) is 9.52 Å². The standard InChI is InChI=1S/C19H23N3O3S.ClH/c20-14-19(12-4-5-13-19)21-18(23)15-8-10-17(11-9-15)26(24,25)22-16-6-2-1-3-7-16;/h1-3,6-11,22H,4-5,12-14,20H2,(H,21,23);1H. The molecule has 4 N–H and O–H groups in total.